The maximum Gasteiger partial charge on any atom is 0.417 e. The molecular weight excluding hydrogens is 373 g/mol. The summed E-state index contributed by atoms with van der Waals surface area (Å²) in [5.74, 6) is -0.325. The van der Waals surface area contributed by atoms with Gasteiger partial charge in [0.2, 0.25) is 0 Å². The van der Waals surface area contributed by atoms with Crippen LogP contribution < -0.4 is 5.32 Å². The summed E-state index contributed by atoms with van der Waals surface area (Å²) >= 11 is 0. The van der Waals surface area contributed by atoms with Crippen molar-refractivity contribution in [3.8, 4) is 0 Å². The molecule has 0 fully saturated rings. The van der Waals surface area contributed by atoms with Gasteiger partial charge in [-0.05, 0) is 24.1 Å². The quantitative estimate of drug-likeness (QED) is 0.569. The Bertz CT molecular complexity index is 851. The molecular formula is C20H21F3N2O3. The first-order valence-electron chi connectivity index (χ1n) is 8.45. The van der Waals surface area contributed by atoms with Crippen molar-refractivity contribution in [3.63, 3.8) is 0 Å². The Kier molecular flexibility index (Phi) is 7.17. The lowest BCUT2D eigenvalue weighted by atomic mass is 10.0. The van der Waals surface area contributed by atoms with Gasteiger partial charge < -0.3 is 14.9 Å². The van der Waals surface area contributed by atoms with Gasteiger partial charge >= 0.3 is 6.18 Å². The molecule has 2 rings (SSSR count). The van der Waals surface area contributed by atoms with Gasteiger partial charge in [0.25, 0.3) is 5.91 Å². The van der Waals surface area contributed by atoms with E-state index in [4.69, 9.17) is 9.57 Å². The average molecular weight is 394 g/mol. The number of carbonyl (C=O) groups is 1. The van der Waals surface area contributed by atoms with Crippen LogP contribution in [0.4, 0.5) is 13.2 Å². The molecule has 0 saturated carbocycles. The van der Waals surface area contributed by atoms with Gasteiger partial charge in [0.05, 0.1) is 11.3 Å². The number of nitrogens with zero attached hydrogens (tertiary/aromatic N) is 1. The van der Waals surface area contributed by atoms with Crippen LogP contribution in [0.2, 0.25) is 0 Å². The van der Waals surface area contributed by atoms with Gasteiger partial charge in [-0.15, -0.1) is 0 Å². The minimum atomic E-state index is -4.49. The number of benzene rings is 2. The number of oxime groups is 1. The summed E-state index contributed by atoms with van der Waals surface area (Å²) in [5, 5.41) is 6.35. The Morgan fingerprint density at radius 1 is 1.14 bits per heavy atom. The zero-order valence-corrected chi connectivity index (χ0v) is 15.7. The third kappa shape index (κ3) is 5.10. The summed E-state index contributed by atoms with van der Waals surface area (Å²) in [6.07, 6.45) is -5.32. The van der Waals surface area contributed by atoms with Crippen molar-refractivity contribution in [2.24, 2.45) is 5.16 Å². The van der Waals surface area contributed by atoms with E-state index < -0.39 is 17.8 Å². The molecule has 0 saturated heterocycles. The molecule has 1 N–H and O–H groups in total. The minimum absolute atomic E-state index is 0.0292. The van der Waals surface area contributed by atoms with Crippen molar-refractivity contribution in [2.75, 3.05) is 14.2 Å². The van der Waals surface area contributed by atoms with Crippen molar-refractivity contribution >= 4 is 11.6 Å². The van der Waals surface area contributed by atoms with E-state index in [0.717, 1.165) is 6.07 Å². The molecule has 2 aromatic carbocycles. The predicted octanol–water partition coefficient (Wildman–Crippen LogP) is 4.08. The van der Waals surface area contributed by atoms with E-state index >= 15 is 0 Å². The standard InChI is InChI=1S/C20H21F3N2O3/c1-13(15-9-6-7-11-17(15)20(21,22)23)25-28-12-14-8-4-5-10-16(14)18(27-3)19(26)24-2/h4-11,18H,12H2,1-3H3,(H,24,26)/b25-13+. The van der Waals surface area contributed by atoms with Crippen LogP contribution in [0.15, 0.2) is 53.7 Å². The lowest BCUT2D eigenvalue weighted by Gasteiger charge is -2.17. The topological polar surface area (TPSA) is 59.9 Å². The van der Waals surface area contributed by atoms with Crippen LogP contribution in [0.1, 0.15) is 35.3 Å². The van der Waals surface area contributed by atoms with Crippen LogP contribution in [-0.4, -0.2) is 25.8 Å². The van der Waals surface area contributed by atoms with E-state index in [1.54, 1.807) is 24.3 Å². The highest BCUT2D eigenvalue weighted by molar-refractivity contribution is 5.99. The molecule has 2 aromatic rings. The number of hydrogen-bond acceptors (Lipinski definition) is 4. The molecule has 5 nitrogen and oxygen atoms in total. The maximum atomic E-state index is 13.1. The Morgan fingerprint density at radius 2 is 1.79 bits per heavy atom. The van der Waals surface area contributed by atoms with Gasteiger partial charge in [0, 0.05) is 19.7 Å². The molecule has 150 valence electrons. The van der Waals surface area contributed by atoms with Gasteiger partial charge in [-0.2, -0.15) is 13.2 Å². The van der Waals surface area contributed by atoms with Crippen molar-refractivity contribution < 1.29 is 27.5 Å². The molecule has 1 unspecified atom stereocenters. The van der Waals surface area contributed by atoms with Crippen molar-refractivity contribution in [2.45, 2.75) is 25.8 Å². The number of likely N-dealkylation sites (N-methyl/N-ethyl adjacent to an activating group) is 1. The zero-order chi connectivity index (χ0) is 20.7. The molecule has 8 heteroatoms. The fraction of sp³-hybridized carbons (Fsp3) is 0.300. The molecule has 0 aliphatic carbocycles. The number of methoxy groups -OCH3 is 1. The smallest absolute Gasteiger partial charge is 0.391 e. The van der Waals surface area contributed by atoms with E-state index in [2.05, 4.69) is 10.5 Å². The monoisotopic (exact) mass is 394 g/mol. The van der Waals surface area contributed by atoms with Crippen LogP contribution in [0, 0.1) is 0 Å². The fourth-order valence-electron chi connectivity index (χ4n) is 2.72. The lowest BCUT2D eigenvalue weighted by Crippen LogP contribution is -2.27. The summed E-state index contributed by atoms with van der Waals surface area (Å²) in [5.41, 5.74) is 0.495. The maximum absolute atomic E-state index is 13.1. The van der Waals surface area contributed by atoms with Gasteiger partial charge in [-0.3, -0.25) is 4.79 Å². The van der Waals surface area contributed by atoms with Crippen LogP contribution in [0.3, 0.4) is 0 Å². The van der Waals surface area contributed by atoms with E-state index in [-0.39, 0.29) is 23.8 Å². The Morgan fingerprint density at radius 3 is 2.43 bits per heavy atom. The summed E-state index contributed by atoms with van der Waals surface area (Å²) in [7, 11) is 2.91. The molecule has 1 amide bonds. The Hall–Kier alpha value is -2.87. The normalized spacial score (nSPS) is 13.1. The predicted molar refractivity (Wildman–Crippen MR) is 98.7 cm³/mol. The van der Waals surface area contributed by atoms with Gasteiger partial charge in [-0.1, -0.05) is 47.6 Å². The van der Waals surface area contributed by atoms with Gasteiger partial charge in [0.1, 0.15) is 6.61 Å². The Balaban J connectivity index is 2.21. The third-order valence-corrected chi connectivity index (χ3v) is 4.10. The van der Waals surface area contributed by atoms with E-state index in [0.29, 0.717) is 11.1 Å². The van der Waals surface area contributed by atoms with Crippen LogP contribution in [0.25, 0.3) is 0 Å². The minimum Gasteiger partial charge on any atom is -0.391 e. The average Bonchev–Trinajstić information content (AvgIpc) is 2.68. The number of carbonyl (C=O) groups excluding carboxylic acids is 1. The first kappa shape index (κ1) is 21.4. The number of nitrogens with one attached hydrogen (secondary N) is 1. The van der Waals surface area contributed by atoms with E-state index in [1.165, 1.54) is 39.3 Å². The summed E-state index contributed by atoms with van der Waals surface area (Å²) in [6, 6.07) is 12.1. The highest BCUT2D eigenvalue weighted by atomic mass is 19.4. The highest BCUT2D eigenvalue weighted by Crippen LogP contribution is 2.32. The second-order valence-electron chi connectivity index (χ2n) is 5.92. The molecule has 0 heterocycles. The van der Waals surface area contributed by atoms with Crippen LogP contribution in [-0.2, 0) is 27.2 Å². The molecule has 1 atom stereocenters. The van der Waals surface area contributed by atoms with Crippen molar-refractivity contribution in [1.29, 1.82) is 0 Å². The highest BCUT2D eigenvalue weighted by Gasteiger charge is 2.33. The molecule has 28 heavy (non-hydrogen) atoms. The van der Waals surface area contributed by atoms with Crippen LogP contribution >= 0.6 is 0 Å². The molecule has 0 bridgehead atoms. The number of hydrogen-bond donors (Lipinski definition) is 1. The number of halogens is 3. The largest absolute Gasteiger partial charge is 0.417 e. The first-order valence-corrected chi connectivity index (χ1v) is 8.45. The van der Waals surface area contributed by atoms with Crippen molar-refractivity contribution in [3.05, 3.63) is 70.8 Å². The van der Waals surface area contributed by atoms with Crippen molar-refractivity contribution in [1.82, 2.24) is 5.32 Å². The summed E-state index contributed by atoms with van der Waals surface area (Å²) in [6.45, 7) is 1.41. The van der Waals surface area contributed by atoms with Crippen LogP contribution in [0.5, 0.6) is 0 Å². The summed E-state index contributed by atoms with van der Waals surface area (Å²) in [4.78, 5) is 17.3. The second-order valence-corrected chi connectivity index (χ2v) is 5.92. The van der Waals surface area contributed by atoms with E-state index in [9.17, 15) is 18.0 Å². The molecule has 0 aromatic heterocycles. The Labute approximate surface area is 161 Å². The molecule has 0 radical (unpaired) electrons. The van der Waals surface area contributed by atoms with Gasteiger partial charge in [-0.25, -0.2) is 0 Å². The number of rotatable bonds is 7. The number of amides is 1. The van der Waals surface area contributed by atoms with E-state index in [1.807, 2.05) is 0 Å². The third-order valence-electron chi connectivity index (χ3n) is 4.10. The molecule has 0 spiro atoms. The first-order chi connectivity index (χ1) is 13.3. The molecule has 0 aliphatic rings. The van der Waals surface area contributed by atoms with Gasteiger partial charge in [0.15, 0.2) is 6.10 Å². The molecule has 0 aliphatic heterocycles. The second kappa shape index (κ2) is 9.36. The zero-order valence-electron chi connectivity index (χ0n) is 15.7. The number of alkyl halides is 3. The fourth-order valence-corrected chi connectivity index (χ4v) is 2.72. The summed E-state index contributed by atoms with van der Waals surface area (Å²) < 4.78 is 44.7. The number of ether oxygens (including phenoxy) is 1. The lowest BCUT2D eigenvalue weighted by molar-refractivity contribution is -0.137. The SMILES string of the molecule is CNC(=O)C(OC)c1ccccc1CO/N=C(\C)c1ccccc1C(F)(F)F.